The molecule has 0 radical (unpaired) electrons. The van der Waals surface area contributed by atoms with Crippen LogP contribution in [0.2, 0.25) is 5.02 Å². The molecule has 1 heterocycles. The number of carbonyl (C=O) groups is 1. The Labute approximate surface area is 171 Å². The lowest BCUT2D eigenvalue weighted by Crippen LogP contribution is -2.39. The topological polar surface area (TPSA) is 49.8 Å². The number of methoxy groups -OCH3 is 1. The van der Waals surface area contributed by atoms with Gasteiger partial charge in [0.2, 0.25) is 0 Å². The van der Waals surface area contributed by atoms with Crippen molar-refractivity contribution in [2.24, 2.45) is 5.92 Å². The minimum atomic E-state index is 0.0539. The Bertz CT molecular complexity index is 894. The van der Waals surface area contributed by atoms with E-state index in [9.17, 15) is 9.90 Å². The molecule has 1 N–H and O–H groups in total. The summed E-state index contributed by atoms with van der Waals surface area (Å²) >= 11 is 6.72. The maximum atomic E-state index is 13.2. The summed E-state index contributed by atoms with van der Waals surface area (Å²) in [6.45, 7) is 2.72. The quantitative estimate of drug-likeness (QED) is 0.812. The van der Waals surface area contributed by atoms with Crippen LogP contribution in [0.1, 0.15) is 51.9 Å². The van der Waals surface area contributed by atoms with Crippen molar-refractivity contribution in [2.75, 3.05) is 13.7 Å². The van der Waals surface area contributed by atoms with E-state index in [4.69, 9.17) is 16.3 Å². The Morgan fingerprint density at radius 3 is 2.68 bits per heavy atom. The van der Waals surface area contributed by atoms with Crippen LogP contribution in [0.5, 0.6) is 5.75 Å². The minimum Gasteiger partial charge on any atom is -0.497 e. The van der Waals surface area contributed by atoms with Gasteiger partial charge in [0.05, 0.1) is 7.11 Å². The zero-order chi connectivity index (χ0) is 19.8. The summed E-state index contributed by atoms with van der Waals surface area (Å²) in [6.07, 6.45) is 3.72. The number of carbonyl (C=O) groups excluding carboxylic acids is 1. The molecule has 1 fully saturated rings. The second-order valence-electron chi connectivity index (χ2n) is 7.90. The van der Waals surface area contributed by atoms with Gasteiger partial charge >= 0.3 is 0 Å². The van der Waals surface area contributed by atoms with Crippen LogP contribution >= 0.6 is 11.6 Å². The molecule has 1 amide bonds. The highest BCUT2D eigenvalue weighted by Gasteiger charge is 2.40. The third kappa shape index (κ3) is 3.29. The molecule has 0 unspecified atom stereocenters. The molecule has 1 saturated carbocycles. The third-order valence-corrected chi connectivity index (χ3v) is 6.86. The highest BCUT2D eigenvalue weighted by molar-refractivity contribution is 6.33. The summed E-state index contributed by atoms with van der Waals surface area (Å²) in [5, 5.41) is 10.4. The molecule has 0 saturated heterocycles. The molecule has 0 bridgehead atoms. The fraction of sp³-hybridized carbons (Fsp3) is 0.435. The number of fused-ring (bicyclic) bond motifs is 1. The Balaban J connectivity index is 1.63. The first-order chi connectivity index (χ1) is 13.5. The van der Waals surface area contributed by atoms with E-state index in [1.165, 1.54) is 0 Å². The van der Waals surface area contributed by atoms with Crippen LogP contribution < -0.4 is 4.74 Å². The maximum Gasteiger partial charge on any atom is 0.254 e. The molecule has 2 atom stereocenters. The SMILES string of the molecule is COc1ccc(Cc2cc3c(c(Cl)c2C)CN([C@H]2CCC[C@@H]2CO)C3=O)cc1. The smallest absolute Gasteiger partial charge is 0.254 e. The second kappa shape index (κ2) is 7.76. The summed E-state index contributed by atoms with van der Waals surface area (Å²) in [5.74, 6) is 1.06. The molecule has 1 aliphatic carbocycles. The predicted octanol–water partition coefficient (Wildman–Crippen LogP) is 4.36. The highest BCUT2D eigenvalue weighted by Crippen LogP contribution is 2.39. The molecule has 0 spiro atoms. The first kappa shape index (κ1) is 19.3. The van der Waals surface area contributed by atoms with E-state index < -0.39 is 0 Å². The molecular formula is C23H26ClNO3. The van der Waals surface area contributed by atoms with Crippen molar-refractivity contribution in [1.29, 1.82) is 0 Å². The van der Waals surface area contributed by atoms with Crippen LogP contribution in [0.3, 0.4) is 0 Å². The summed E-state index contributed by atoms with van der Waals surface area (Å²) in [6, 6.07) is 10.1. The summed E-state index contributed by atoms with van der Waals surface area (Å²) in [4.78, 5) is 15.1. The van der Waals surface area contributed by atoms with Gasteiger partial charge in [-0.15, -0.1) is 0 Å². The van der Waals surface area contributed by atoms with Crippen LogP contribution in [0.15, 0.2) is 30.3 Å². The molecule has 28 heavy (non-hydrogen) atoms. The largest absolute Gasteiger partial charge is 0.497 e. The number of hydrogen-bond donors (Lipinski definition) is 1. The lowest BCUT2D eigenvalue weighted by molar-refractivity contribution is 0.0612. The fourth-order valence-corrected chi connectivity index (χ4v) is 4.94. The minimum absolute atomic E-state index is 0.0539. The lowest BCUT2D eigenvalue weighted by atomic mass is 9.95. The van der Waals surface area contributed by atoms with Gasteiger partial charge in [0.15, 0.2) is 0 Å². The van der Waals surface area contributed by atoms with Crippen molar-refractivity contribution < 1.29 is 14.6 Å². The molecule has 1 aliphatic heterocycles. The Hall–Kier alpha value is -2.04. The summed E-state index contributed by atoms with van der Waals surface area (Å²) in [5.41, 5.74) is 4.93. The van der Waals surface area contributed by atoms with Crippen LogP contribution in [0.25, 0.3) is 0 Å². The Morgan fingerprint density at radius 1 is 1.25 bits per heavy atom. The average Bonchev–Trinajstić information content (AvgIpc) is 3.31. The highest BCUT2D eigenvalue weighted by atomic mass is 35.5. The molecule has 2 aromatic rings. The molecule has 4 nitrogen and oxygen atoms in total. The lowest BCUT2D eigenvalue weighted by Gasteiger charge is -2.28. The maximum absolute atomic E-state index is 13.2. The Kier molecular flexibility index (Phi) is 5.35. The van der Waals surface area contributed by atoms with E-state index in [0.29, 0.717) is 11.6 Å². The normalized spacial score (nSPS) is 21.3. The van der Waals surface area contributed by atoms with Crippen LogP contribution in [-0.2, 0) is 13.0 Å². The van der Waals surface area contributed by atoms with E-state index in [-0.39, 0.29) is 24.5 Å². The molecule has 2 aliphatic rings. The van der Waals surface area contributed by atoms with Gasteiger partial charge in [-0.05, 0) is 61.1 Å². The van der Waals surface area contributed by atoms with E-state index in [1.54, 1.807) is 7.11 Å². The van der Waals surface area contributed by atoms with Crippen molar-refractivity contribution in [3.63, 3.8) is 0 Å². The Morgan fingerprint density at radius 2 is 2.00 bits per heavy atom. The molecule has 4 rings (SSSR count). The molecule has 5 heteroatoms. The number of aliphatic hydroxyl groups excluding tert-OH is 1. The van der Waals surface area contributed by atoms with Crippen molar-refractivity contribution in [2.45, 2.75) is 45.2 Å². The standard InChI is InChI=1S/C23H26ClNO3/c1-14-17(10-15-6-8-18(28-2)9-7-15)11-19-20(22(14)24)12-25(23(19)27)21-5-3-4-16(21)13-26/h6-9,11,16,21,26H,3-5,10,12-13H2,1-2H3/t16-,21+/m1/s1. The zero-order valence-electron chi connectivity index (χ0n) is 16.4. The first-order valence-electron chi connectivity index (χ1n) is 9.89. The number of nitrogens with zero attached hydrogens (tertiary/aromatic N) is 1. The second-order valence-corrected chi connectivity index (χ2v) is 8.28. The fourth-order valence-electron chi connectivity index (χ4n) is 4.65. The third-order valence-electron chi connectivity index (χ3n) is 6.35. The number of hydrogen-bond acceptors (Lipinski definition) is 3. The van der Waals surface area contributed by atoms with Gasteiger partial charge in [-0.1, -0.05) is 30.2 Å². The first-order valence-corrected chi connectivity index (χ1v) is 10.3. The van der Waals surface area contributed by atoms with Gasteiger partial charge < -0.3 is 14.7 Å². The molecule has 0 aromatic heterocycles. The number of halogens is 1. The van der Waals surface area contributed by atoms with E-state index >= 15 is 0 Å². The van der Waals surface area contributed by atoms with Crippen molar-refractivity contribution in [1.82, 2.24) is 4.90 Å². The van der Waals surface area contributed by atoms with Gasteiger partial charge in [-0.25, -0.2) is 0 Å². The van der Waals surface area contributed by atoms with Crippen molar-refractivity contribution in [3.8, 4) is 5.75 Å². The van der Waals surface area contributed by atoms with E-state index in [2.05, 4.69) is 0 Å². The van der Waals surface area contributed by atoms with Crippen LogP contribution in [-0.4, -0.2) is 35.7 Å². The predicted molar refractivity (Wildman–Crippen MR) is 110 cm³/mol. The zero-order valence-corrected chi connectivity index (χ0v) is 17.1. The van der Waals surface area contributed by atoms with Gasteiger partial charge in [0, 0.05) is 41.3 Å². The van der Waals surface area contributed by atoms with Crippen LogP contribution in [0.4, 0.5) is 0 Å². The monoisotopic (exact) mass is 399 g/mol. The average molecular weight is 400 g/mol. The number of aliphatic hydroxyl groups is 1. The van der Waals surface area contributed by atoms with Gasteiger partial charge in [0.25, 0.3) is 5.91 Å². The number of ether oxygens (including phenoxy) is 1. The summed E-state index contributed by atoms with van der Waals surface area (Å²) in [7, 11) is 1.66. The molecular weight excluding hydrogens is 374 g/mol. The summed E-state index contributed by atoms with van der Waals surface area (Å²) < 4.78 is 5.23. The van der Waals surface area contributed by atoms with Gasteiger partial charge in [-0.2, -0.15) is 0 Å². The molecule has 2 aromatic carbocycles. The van der Waals surface area contributed by atoms with E-state index in [1.807, 2.05) is 42.2 Å². The van der Waals surface area contributed by atoms with Gasteiger partial charge in [0.1, 0.15) is 5.75 Å². The van der Waals surface area contributed by atoms with Crippen LogP contribution in [0, 0.1) is 12.8 Å². The van der Waals surface area contributed by atoms with Crippen molar-refractivity contribution in [3.05, 3.63) is 63.2 Å². The van der Waals surface area contributed by atoms with Gasteiger partial charge in [-0.3, -0.25) is 4.79 Å². The number of amides is 1. The number of benzene rings is 2. The molecule has 148 valence electrons. The number of rotatable bonds is 5. The van der Waals surface area contributed by atoms with Crippen molar-refractivity contribution >= 4 is 17.5 Å². The van der Waals surface area contributed by atoms with E-state index in [0.717, 1.165) is 59.3 Å².